The fourth-order valence-electron chi connectivity index (χ4n) is 2.07. The summed E-state index contributed by atoms with van der Waals surface area (Å²) >= 11 is 6.04. The van der Waals surface area contributed by atoms with E-state index in [0.717, 1.165) is 27.3 Å². The van der Waals surface area contributed by atoms with Gasteiger partial charge in [0.15, 0.2) is 5.78 Å². The van der Waals surface area contributed by atoms with Gasteiger partial charge in [-0.3, -0.25) is 4.79 Å². The Morgan fingerprint density at radius 3 is 2.00 bits per heavy atom. The Hall–Kier alpha value is -1.60. The molecule has 2 heteroatoms. The first-order valence-electron chi connectivity index (χ1n) is 6.70. The monoisotopic (exact) mass is 286 g/mol. The lowest BCUT2D eigenvalue weighted by Gasteiger charge is -2.16. The van der Waals surface area contributed by atoms with Crippen molar-refractivity contribution in [3.8, 4) is 11.1 Å². The molecule has 0 saturated heterocycles. The second-order valence-corrected chi connectivity index (χ2v) is 6.53. The number of rotatable bonds is 2. The average Bonchev–Trinajstić information content (AvgIpc) is 2.40. The molecule has 0 heterocycles. The second-order valence-electron chi connectivity index (χ2n) is 6.12. The van der Waals surface area contributed by atoms with Crippen LogP contribution in [0.3, 0.4) is 0 Å². The SMILES string of the molecule is Cc1cc(-c2ccc(C(=O)C(C)(C)C)cc2)ccc1Cl. The Kier molecular flexibility index (Phi) is 4.01. The van der Waals surface area contributed by atoms with Gasteiger partial charge in [-0.05, 0) is 35.7 Å². The summed E-state index contributed by atoms with van der Waals surface area (Å²) in [5.41, 5.74) is 3.67. The number of ketones is 1. The van der Waals surface area contributed by atoms with Crippen molar-refractivity contribution in [2.24, 2.45) is 5.41 Å². The number of hydrogen-bond donors (Lipinski definition) is 0. The minimum atomic E-state index is -0.349. The Morgan fingerprint density at radius 2 is 1.50 bits per heavy atom. The maximum Gasteiger partial charge on any atom is 0.168 e. The Bertz CT molecular complexity index is 633. The summed E-state index contributed by atoms with van der Waals surface area (Å²) in [5, 5.41) is 0.772. The van der Waals surface area contributed by atoms with Gasteiger partial charge in [0.2, 0.25) is 0 Å². The van der Waals surface area contributed by atoms with E-state index in [9.17, 15) is 4.79 Å². The number of halogens is 1. The van der Waals surface area contributed by atoms with Crippen LogP contribution >= 0.6 is 11.6 Å². The molecule has 0 amide bonds. The molecular formula is C18H19ClO. The van der Waals surface area contributed by atoms with Gasteiger partial charge in [0.25, 0.3) is 0 Å². The summed E-state index contributed by atoms with van der Waals surface area (Å²) in [6.45, 7) is 7.80. The van der Waals surface area contributed by atoms with E-state index < -0.39 is 0 Å². The van der Waals surface area contributed by atoms with Crippen molar-refractivity contribution >= 4 is 17.4 Å². The molecule has 20 heavy (non-hydrogen) atoms. The largest absolute Gasteiger partial charge is 0.294 e. The molecule has 0 saturated carbocycles. The summed E-state index contributed by atoms with van der Waals surface area (Å²) in [6.07, 6.45) is 0. The second kappa shape index (κ2) is 5.41. The normalized spacial score (nSPS) is 11.4. The lowest BCUT2D eigenvalue weighted by atomic mass is 9.86. The quantitative estimate of drug-likeness (QED) is 0.662. The van der Waals surface area contributed by atoms with Gasteiger partial charge in [-0.2, -0.15) is 0 Å². The number of carbonyl (C=O) groups is 1. The van der Waals surface area contributed by atoms with Gasteiger partial charge < -0.3 is 0 Å². The smallest absolute Gasteiger partial charge is 0.168 e. The number of hydrogen-bond acceptors (Lipinski definition) is 1. The standard InChI is InChI=1S/C18H19ClO/c1-12-11-15(9-10-16(12)19)13-5-7-14(8-6-13)17(20)18(2,3)4/h5-11H,1-4H3. The average molecular weight is 287 g/mol. The van der Waals surface area contributed by atoms with Gasteiger partial charge in [0, 0.05) is 16.0 Å². The molecule has 2 rings (SSSR count). The highest BCUT2D eigenvalue weighted by atomic mass is 35.5. The third kappa shape index (κ3) is 3.10. The molecule has 0 fully saturated rings. The van der Waals surface area contributed by atoms with E-state index >= 15 is 0 Å². The van der Waals surface area contributed by atoms with Crippen LogP contribution in [-0.2, 0) is 0 Å². The van der Waals surface area contributed by atoms with Crippen molar-refractivity contribution in [1.82, 2.24) is 0 Å². The molecular weight excluding hydrogens is 268 g/mol. The van der Waals surface area contributed by atoms with E-state index in [0.29, 0.717) is 0 Å². The Balaban J connectivity index is 2.33. The molecule has 0 unspecified atom stereocenters. The zero-order chi connectivity index (χ0) is 14.9. The van der Waals surface area contributed by atoms with Crippen LogP contribution in [0.2, 0.25) is 5.02 Å². The number of aryl methyl sites for hydroxylation is 1. The summed E-state index contributed by atoms with van der Waals surface area (Å²) in [4.78, 5) is 12.2. The van der Waals surface area contributed by atoms with Crippen LogP contribution in [0.4, 0.5) is 0 Å². The van der Waals surface area contributed by atoms with Gasteiger partial charge in [-0.15, -0.1) is 0 Å². The Morgan fingerprint density at radius 1 is 0.950 bits per heavy atom. The fraction of sp³-hybridized carbons (Fsp3) is 0.278. The van der Waals surface area contributed by atoms with E-state index in [1.54, 1.807) is 0 Å². The third-order valence-corrected chi connectivity index (χ3v) is 3.74. The van der Waals surface area contributed by atoms with Crippen LogP contribution in [0.25, 0.3) is 11.1 Å². The number of benzene rings is 2. The highest BCUT2D eigenvalue weighted by Crippen LogP contribution is 2.26. The molecule has 0 atom stereocenters. The van der Waals surface area contributed by atoms with Gasteiger partial charge in [-0.25, -0.2) is 0 Å². The number of Topliss-reactive ketones (excluding diaryl/α,β-unsaturated/α-hetero) is 1. The first-order valence-corrected chi connectivity index (χ1v) is 7.08. The topological polar surface area (TPSA) is 17.1 Å². The van der Waals surface area contributed by atoms with Crippen LogP contribution in [0.15, 0.2) is 42.5 Å². The van der Waals surface area contributed by atoms with Gasteiger partial charge in [0.05, 0.1) is 0 Å². The van der Waals surface area contributed by atoms with E-state index in [4.69, 9.17) is 11.6 Å². The molecule has 2 aromatic carbocycles. The van der Waals surface area contributed by atoms with Crippen molar-refractivity contribution in [2.45, 2.75) is 27.7 Å². The van der Waals surface area contributed by atoms with E-state index in [1.165, 1.54) is 0 Å². The number of carbonyl (C=O) groups excluding carboxylic acids is 1. The van der Waals surface area contributed by atoms with E-state index in [2.05, 4.69) is 6.07 Å². The van der Waals surface area contributed by atoms with Crippen LogP contribution in [0.5, 0.6) is 0 Å². The molecule has 0 aliphatic rings. The van der Waals surface area contributed by atoms with Gasteiger partial charge in [-0.1, -0.05) is 62.7 Å². The Labute approximate surface area is 125 Å². The maximum atomic E-state index is 12.2. The zero-order valence-electron chi connectivity index (χ0n) is 12.3. The first kappa shape index (κ1) is 14.8. The molecule has 0 aromatic heterocycles. The van der Waals surface area contributed by atoms with Crippen LogP contribution in [-0.4, -0.2) is 5.78 Å². The van der Waals surface area contributed by atoms with E-state index in [-0.39, 0.29) is 11.2 Å². The molecule has 0 spiro atoms. The highest BCUT2D eigenvalue weighted by Gasteiger charge is 2.22. The minimum Gasteiger partial charge on any atom is -0.294 e. The third-order valence-electron chi connectivity index (χ3n) is 3.32. The highest BCUT2D eigenvalue weighted by molar-refractivity contribution is 6.31. The molecule has 0 aliphatic carbocycles. The molecule has 104 valence electrons. The predicted octanol–water partition coefficient (Wildman–Crippen LogP) is 5.54. The summed E-state index contributed by atoms with van der Waals surface area (Å²) in [6, 6.07) is 13.7. The van der Waals surface area contributed by atoms with Crippen molar-refractivity contribution < 1.29 is 4.79 Å². The van der Waals surface area contributed by atoms with Gasteiger partial charge in [0.1, 0.15) is 0 Å². The maximum absolute atomic E-state index is 12.2. The van der Waals surface area contributed by atoms with E-state index in [1.807, 2.05) is 64.1 Å². The molecule has 0 aliphatic heterocycles. The lowest BCUT2D eigenvalue weighted by molar-refractivity contribution is 0.0858. The molecule has 2 aromatic rings. The van der Waals surface area contributed by atoms with Crippen LogP contribution in [0.1, 0.15) is 36.7 Å². The predicted molar refractivity (Wildman–Crippen MR) is 85.4 cm³/mol. The first-order chi connectivity index (χ1) is 9.29. The van der Waals surface area contributed by atoms with Crippen molar-refractivity contribution in [3.63, 3.8) is 0 Å². The lowest BCUT2D eigenvalue weighted by Crippen LogP contribution is -2.19. The molecule has 1 nitrogen and oxygen atoms in total. The van der Waals surface area contributed by atoms with Crippen LogP contribution in [0, 0.1) is 12.3 Å². The minimum absolute atomic E-state index is 0.163. The zero-order valence-corrected chi connectivity index (χ0v) is 13.1. The molecule has 0 radical (unpaired) electrons. The summed E-state index contributed by atoms with van der Waals surface area (Å²) in [5.74, 6) is 0.163. The van der Waals surface area contributed by atoms with Crippen molar-refractivity contribution in [1.29, 1.82) is 0 Å². The summed E-state index contributed by atoms with van der Waals surface area (Å²) in [7, 11) is 0. The van der Waals surface area contributed by atoms with Crippen LogP contribution < -0.4 is 0 Å². The summed E-state index contributed by atoms with van der Waals surface area (Å²) < 4.78 is 0. The fourth-order valence-corrected chi connectivity index (χ4v) is 2.19. The van der Waals surface area contributed by atoms with Gasteiger partial charge >= 0.3 is 0 Å². The van der Waals surface area contributed by atoms with Crippen molar-refractivity contribution in [3.05, 3.63) is 58.6 Å². The van der Waals surface area contributed by atoms with Crippen molar-refractivity contribution in [2.75, 3.05) is 0 Å². The molecule has 0 bridgehead atoms. The molecule has 0 N–H and O–H groups in total.